The quantitative estimate of drug-likeness (QED) is 0.542. The lowest BCUT2D eigenvalue weighted by molar-refractivity contribution is -0.143. The molecule has 96 valence electrons. The van der Waals surface area contributed by atoms with Crippen LogP contribution in [0, 0.1) is 0 Å². The van der Waals surface area contributed by atoms with E-state index >= 15 is 0 Å². The van der Waals surface area contributed by atoms with Gasteiger partial charge in [-0.05, 0) is 19.9 Å². The summed E-state index contributed by atoms with van der Waals surface area (Å²) in [7, 11) is 0. The summed E-state index contributed by atoms with van der Waals surface area (Å²) in [6, 6.07) is 0. The molecular formula is C11H19N3O3. The van der Waals surface area contributed by atoms with Crippen molar-refractivity contribution in [1.29, 1.82) is 0 Å². The maximum atomic E-state index is 11.0. The van der Waals surface area contributed by atoms with Gasteiger partial charge in [0.2, 0.25) is 11.8 Å². The monoisotopic (exact) mass is 241 g/mol. The molecule has 0 amide bonds. The Balaban J connectivity index is 2.06. The van der Waals surface area contributed by atoms with Gasteiger partial charge in [-0.25, -0.2) is 0 Å². The third-order valence-corrected chi connectivity index (χ3v) is 2.13. The van der Waals surface area contributed by atoms with E-state index in [-0.39, 0.29) is 5.97 Å². The van der Waals surface area contributed by atoms with E-state index in [2.05, 4.69) is 15.5 Å². The van der Waals surface area contributed by atoms with Gasteiger partial charge in [-0.2, -0.15) is 0 Å². The van der Waals surface area contributed by atoms with E-state index in [9.17, 15) is 4.79 Å². The first-order chi connectivity index (χ1) is 8.26. The number of hydrogen-bond donors (Lipinski definition) is 1. The zero-order valence-corrected chi connectivity index (χ0v) is 10.4. The van der Waals surface area contributed by atoms with Crippen molar-refractivity contribution >= 4 is 5.97 Å². The van der Waals surface area contributed by atoms with Gasteiger partial charge in [-0.3, -0.25) is 4.79 Å². The number of aryl methyl sites for hydroxylation is 1. The van der Waals surface area contributed by atoms with E-state index in [1.54, 1.807) is 6.92 Å². The van der Waals surface area contributed by atoms with E-state index in [4.69, 9.17) is 9.15 Å². The molecular weight excluding hydrogens is 222 g/mol. The minimum absolute atomic E-state index is 0.152. The van der Waals surface area contributed by atoms with Gasteiger partial charge in [0.05, 0.1) is 13.2 Å². The van der Waals surface area contributed by atoms with Gasteiger partial charge < -0.3 is 14.5 Å². The third-order valence-electron chi connectivity index (χ3n) is 2.13. The number of ether oxygens (including phenoxy) is 1. The summed E-state index contributed by atoms with van der Waals surface area (Å²) >= 11 is 0. The summed E-state index contributed by atoms with van der Waals surface area (Å²) < 4.78 is 10.1. The number of rotatable bonds is 8. The van der Waals surface area contributed by atoms with Crippen molar-refractivity contribution in [1.82, 2.24) is 15.5 Å². The highest BCUT2D eigenvalue weighted by atomic mass is 16.5. The van der Waals surface area contributed by atoms with E-state index in [1.165, 1.54) is 0 Å². The van der Waals surface area contributed by atoms with Crippen molar-refractivity contribution in [3.05, 3.63) is 11.8 Å². The van der Waals surface area contributed by atoms with Gasteiger partial charge in [0, 0.05) is 12.8 Å². The molecule has 0 unspecified atom stereocenters. The molecule has 6 heteroatoms. The Morgan fingerprint density at radius 3 is 2.76 bits per heavy atom. The number of esters is 1. The number of carbonyl (C=O) groups is 1. The molecule has 0 spiro atoms. The van der Waals surface area contributed by atoms with Crippen LogP contribution in [0.1, 0.15) is 38.5 Å². The van der Waals surface area contributed by atoms with Gasteiger partial charge in [0.1, 0.15) is 0 Å². The minimum Gasteiger partial charge on any atom is -0.466 e. The fourth-order valence-electron chi connectivity index (χ4n) is 1.29. The predicted octanol–water partition coefficient (Wildman–Crippen LogP) is 1.06. The largest absolute Gasteiger partial charge is 0.466 e. The molecule has 0 fully saturated rings. The summed E-state index contributed by atoms with van der Waals surface area (Å²) in [5, 5.41) is 10.9. The normalized spacial score (nSPS) is 10.5. The molecule has 0 aliphatic carbocycles. The van der Waals surface area contributed by atoms with E-state index < -0.39 is 0 Å². The topological polar surface area (TPSA) is 77.2 Å². The van der Waals surface area contributed by atoms with Crippen LogP contribution in [-0.2, 0) is 22.5 Å². The lowest BCUT2D eigenvalue weighted by Gasteiger charge is -2.02. The molecule has 1 heterocycles. The lowest BCUT2D eigenvalue weighted by Crippen LogP contribution is -2.16. The Hall–Kier alpha value is -1.43. The highest BCUT2D eigenvalue weighted by Crippen LogP contribution is 1.99. The second-order valence-corrected chi connectivity index (χ2v) is 3.53. The maximum absolute atomic E-state index is 11.0. The summed E-state index contributed by atoms with van der Waals surface area (Å²) in [5.41, 5.74) is 0. The first-order valence-corrected chi connectivity index (χ1v) is 5.93. The van der Waals surface area contributed by atoms with Crippen LogP contribution in [0.4, 0.5) is 0 Å². The molecule has 0 aliphatic rings. The average Bonchev–Trinajstić information content (AvgIpc) is 2.77. The average molecular weight is 241 g/mol. The molecule has 0 atom stereocenters. The summed E-state index contributed by atoms with van der Waals surface area (Å²) in [4.78, 5) is 11.0. The molecule has 1 N–H and O–H groups in total. The van der Waals surface area contributed by atoms with E-state index in [0.717, 1.165) is 19.4 Å². The van der Waals surface area contributed by atoms with E-state index in [0.29, 0.717) is 31.4 Å². The molecule has 0 saturated carbocycles. The van der Waals surface area contributed by atoms with Gasteiger partial charge in [0.15, 0.2) is 0 Å². The fourth-order valence-corrected chi connectivity index (χ4v) is 1.29. The number of nitrogens with one attached hydrogen (secondary N) is 1. The van der Waals surface area contributed by atoms with Crippen molar-refractivity contribution < 1.29 is 13.9 Å². The zero-order chi connectivity index (χ0) is 12.5. The van der Waals surface area contributed by atoms with Gasteiger partial charge in [0.25, 0.3) is 0 Å². The van der Waals surface area contributed by atoms with Crippen molar-refractivity contribution in [2.45, 2.75) is 39.7 Å². The van der Waals surface area contributed by atoms with Crippen LogP contribution in [0.25, 0.3) is 0 Å². The van der Waals surface area contributed by atoms with Crippen LogP contribution in [-0.4, -0.2) is 29.3 Å². The first-order valence-electron chi connectivity index (χ1n) is 5.93. The van der Waals surface area contributed by atoms with Crippen LogP contribution in [0.5, 0.6) is 0 Å². The number of nitrogens with zero attached hydrogens (tertiary/aromatic N) is 2. The molecule has 1 aromatic heterocycles. The fraction of sp³-hybridized carbons (Fsp3) is 0.727. The van der Waals surface area contributed by atoms with Gasteiger partial charge in [-0.1, -0.05) is 6.92 Å². The molecule has 0 saturated heterocycles. The van der Waals surface area contributed by atoms with Crippen LogP contribution >= 0.6 is 0 Å². The second-order valence-electron chi connectivity index (χ2n) is 3.53. The lowest BCUT2D eigenvalue weighted by atomic mass is 10.3. The van der Waals surface area contributed by atoms with Crippen LogP contribution < -0.4 is 5.32 Å². The van der Waals surface area contributed by atoms with Crippen molar-refractivity contribution in [2.24, 2.45) is 0 Å². The third kappa shape index (κ3) is 5.44. The van der Waals surface area contributed by atoms with Crippen molar-refractivity contribution in [3.8, 4) is 0 Å². The van der Waals surface area contributed by atoms with Crippen LogP contribution in [0.2, 0.25) is 0 Å². The van der Waals surface area contributed by atoms with Crippen molar-refractivity contribution in [3.63, 3.8) is 0 Å². The van der Waals surface area contributed by atoms with Crippen LogP contribution in [0.3, 0.4) is 0 Å². The molecule has 1 aromatic rings. The Labute approximate surface area is 101 Å². The maximum Gasteiger partial charge on any atom is 0.305 e. The highest BCUT2D eigenvalue weighted by Gasteiger charge is 2.04. The highest BCUT2D eigenvalue weighted by molar-refractivity contribution is 5.69. The molecule has 1 rings (SSSR count). The number of hydrogen-bond acceptors (Lipinski definition) is 6. The Morgan fingerprint density at radius 1 is 1.35 bits per heavy atom. The summed E-state index contributed by atoms with van der Waals surface area (Å²) in [6.45, 7) is 5.47. The molecule has 17 heavy (non-hydrogen) atoms. The SMILES string of the molecule is CCOC(=O)CCCNCc1nnc(CC)o1. The molecule has 0 aliphatic heterocycles. The summed E-state index contributed by atoms with van der Waals surface area (Å²) in [5.74, 6) is 1.08. The number of carbonyl (C=O) groups excluding carboxylic acids is 1. The molecule has 0 aromatic carbocycles. The smallest absolute Gasteiger partial charge is 0.305 e. The minimum atomic E-state index is -0.152. The van der Waals surface area contributed by atoms with Crippen LogP contribution in [0.15, 0.2) is 4.42 Å². The molecule has 0 bridgehead atoms. The van der Waals surface area contributed by atoms with E-state index in [1.807, 2.05) is 6.92 Å². The standard InChI is InChI=1S/C11H19N3O3/c1-3-9-13-14-10(17-9)8-12-7-5-6-11(15)16-4-2/h12H,3-8H2,1-2H3. The zero-order valence-electron chi connectivity index (χ0n) is 10.4. The number of aromatic nitrogens is 2. The first kappa shape index (κ1) is 13.6. The molecule has 6 nitrogen and oxygen atoms in total. The van der Waals surface area contributed by atoms with Crippen molar-refractivity contribution in [2.75, 3.05) is 13.2 Å². The van der Waals surface area contributed by atoms with Gasteiger partial charge in [-0.15, -0.1) is 10.2 Å². The molecule has 0 radical (unpaired) electrons. The Kier molecular flexibility index (Phi) is 6.24. The Morgan fingerprint density at radius 2 is 2.12 bits per heavy atom. The Bertz CT molecular complexity index is 338. The second kappa shape index (κ2) is 7.78. The summed E-state index contributed by atoms with van der Waals surface area (Å²) in [6.07, 6.45) is 1.92. The predicted molar refractivity (Wildman–Crippen MR) is 61.2 cm³/mol. The van der Waals surface area contributed by atoms with Gasteiger partial charge >= 0.3 is 5.97 Å².